The van der Waals surface area contributed by atoms with Crippen LogP contribution >= 0.6 is 0 Å². The fourth-order valence-electron chi connectivity index (χ4n) is 4.23. The van der Waals surface area contributed by atoms with E-state index in [1.54, 1.807) is 25.4 Å². The number of hydrogen-bond donors (Lipinski definition) is 4. The lowest BCUT2D eigenvalue weighted by molar-refractivity contribution is -0.125. The van der Waals surface area contributed by atoms with Crippen molar-refractivity contribution in [1.82, 2.24) is 20.6 Å². The van der Waals surface area contributed by atoms with Crippen molar-refractivity contribution < 1.29 is 9.59 Å². The molecule has 0 aliphatic heterocycles. The Morgan fingerprint density at radius 2 is 1.76 bits per heavy atom. The molecule has 0 radical (unpaired) electrons. The van der Waals surface area contributed by atoms with Crippen molar-refractivity contribution in [3.05, 3.63) is 41.7 Å². The van der Waals surface area contributed by atoms with E-state index in [1.807, 2.05) is 12.1 Å². The minimum absolute atomic E-state index is 0.0295. The molecule has 2 amide bonds. The summed E-state index contributed by atoms with van der Waals surface area (Å²) in [5.41, 5.74) is 1.73. The SMILES string of the molecule is CNC(=O)C1CCC(NC(=O)c2cnc(Nc3ccc(C#N)cn3)cc2NC2CCC2)CC1. The van der Waals surface area contributed by atoms with Crippen LogP contribution in [-0.2, 0) is 4.79 Å². The van der Waals surface area contributed by atoms with Crippen LogP contribution in [0.1, 0.15) is 60.9 Å². The fraction of sp³-hybridized carbons (Fsp3) is 0.458. The maximum atomic E-state index is 13.1. The van der Waals surface area contributed by atoms with E-state index in [-0.39, 0.29) is 23.8 Å². The van der Waals surface area contributed by atoms with E-state index in [0.717, 1.165) is 44.2 Å². The predicted octanol–water partition coefficient (Wildman–Crippen LogP) is 3.09. The zero-order valence-corrected chi connectivity index (χ0v) is 18.7. The largest absolute Gasteiger partial charge is 0.382 e. The van der Waals surface area contributed by atoms with Crippen molar-refractivity contribution in [2.24, 2.45) is 5.92 Å². The third kappa shape index (κ3) is 5.58. The van der Waals surface area contributed by atoms with Gasteiger partial charge in [-0.15, -0.1) is 0 Å². The van der Waals surface area contributed by atoms with Gasteiger partial charge in [-0.25, -0.2) is 9.97 Å². The van der Waals surface area contributed by atoms with Gasteiger partial charge in [0, 0.05) is 43.5 Å². The van der Waals surface area contributed by atoms with Gasteiger partial charge < -0.3 is 21.3 Å². The van der Waals surface area contributed by atoms with Crippen LogP contribution in [0.2, 0.25) is 0 Å². The summed E-state index contributed by atoms with van der Waals surface area (Å²) < 4.78 is 0. The second-order valence-corrected chi connectivity index (χ2v) is 8.69. The Morgan fingerprint density at radius 3 is 2.36 bits per heavy atom. The molecule has 0 spiro atoms. The number of anilines is 3. The van der Waals surface area contributed by atoms with Gasteiger partial charge in [-0.1, -0.05) is 0 Å². The molecule has 9 nitrogen and oxygen atoms in total. The monoisotopic (exact) mass is 447 g/mol. The molecular weight excluding hydrogens is 418 g/mol. The Bertz CT molecular complexity index is 1040. The number of aromatic nitrogens is 2. The lowest BCUT2D eigenvalue weighted by Crippen LogP contribution is -2.40. The Kier molecular flexibility index (Phi) is 7.03. The Hall–Kier alpha value is -3.67. The highest BCUT2D eigenvalue weighted by molar-refractivity contribution is 6.00. The highest BCUT2D eigenvalue weighted by Gasteiger charge is 2.28. The molecule has 2 aromatic heterocycles. The van der Waals surface area contributed by atoms with Crippen molar-refractivity contribution in [3.8, 4) is 6.07 Å². The molecule has 0 bridgehead atoms. The van der Waals surface area contributed by atoms with Gasteiger partial charge in [0.15, 0.2) is 0 Å². The zero-order valence-electron chi connectivity index (χ0n) is 18.7. The third-order valence-electron chi connectivity index (χ3n) is 6.44. The second-order valence-electron chi connectivity index (χ2n) is 8.69. The predicted molar refractivity (Wildman–Crippen MR) is 125 cm³/mol. The van der Waals surface area contributed by atoms with Crippen molar-refractivity contribution in [1.29, 1.82) is 5.26 Å². The summed E-state index contributed by atoms with van der Waals surface area (Å²) >= 11 is 0. The van der Waals surface area contributed by atoms with Gasteiger partial charge in [0.2, 0.25) is 5.91 Å². The minimum Gasteiger partial charge on any atom is -0.382 e. The van der Waals surface area contributed by atoms with E-state index < -0.39 is 0 Å². The Balaban J connectivity index is 1.45. The molecular formula is C24H29N7O2. The molecule has 2 heterocycles. The molecule has 9 heteroatoms. The number of carbonyl (C=O) groups is 2. The molecule has 2 saturated carbocycles. The van der Waals surface area contributed by atoms with Crippen LogP contribution in [-0.4, -0.2) is 40.9 Å². The number of nitriles is 1. The van der Waals surface area contributed by atoms with E-state index in [1.165, 1.54) is 12.6 Å². The van der Waals surface area contributed by atoms with Gasteiger partial charge >= 0.3 is 0 Å². The molecule has 2 aliphatic carbocycles. The first-order chi connectivity index (χ1) is 16.1. The first-order valence-electron chi connectivity index (χ1n) is 11.5. The summed E-state index contributed by atoms with van der Waals surface area (Å²) in [7, 11) is 1.66. The van der Waals surface area contributed by atoms with Crippen LogP contribution in [0.4, 0.5) is 17.3 Å². The first kappa shape index (κ1) is 22.5. The van der Waals surface area contributed by atoms with Gasteiger partial charge in [0.25, 0.3) is 5.91 Å². The summed E-state index contributed by atoms with van der Waals surface area (Å²) in [5, 5.41) is 21.4. The van der Waals surface area contributed by atoms with Crippen molar-refractivity contribution >= 4 is 29.1 Å². The molecule has 0 atom stereocenters. The van der Waals surface area contributed by atoms with Gasteiger partial charge in [-0.3, -0.25) is 9.59 Å². The quantitative estimate of drug-likeness (QED) is 0.513. The molecule has 0 saturated heterocycles. The fourth-order valence-corrected chi connectivity index (χ4v) is 4.23. The molecule has 2 aliphatic rings. The number of carbonyl (C=O) groups excluding carboxylic acids is 2. The normalized spacial score (nSPS) is 20.1. The van der Waals surface area contributed by atoms with Crippen LogP contribution in [0.15, 0.2) is 30.6 Å². The maximum absolute atomic E-state index is 13.1. The van der Waals surface area contributed by atoms with Crippen LogP contribution < -0.4 is 21.3 Å². The molecule has 172 valence electrons. The lowest BCUT2D eigenvalue weighted by Gasteiger charge is -2.30. The molecule has 0 aromatic carbocycles. The average Bonchev–Trinajstić information content (AvgIpc) is 2.82. The van der Waals surface area contributed by atoms with Crippen molar-refractivity contribution in [3.63, 3.8) is 0 Å². The van der Waals surface area contributed by atoms with Crippen LogP contribution in [0.5, 0.6) is 0 Å². The molecule has 4 N–H and O–H groups in total. The standard InChI is InChI=1S/C24H29N7O2/c1-26-23(32)16-6-8-18(9-7-16)30-24(33)19-14-28-22(11-20(19)29-17-3-2-4-17)31-21-10-5-15(12-25)13-27-21/h5,10-11,13-14,16-18H,2-4,6-9H2,1H3,(H,26,32)(H,30,33)(H2,27,28,29,31). The number of nitrogens with one attached hydrogen (secondary N) is 4. The van der Waals surface area contributed by atoms with E-state index >= 15 is 0 Å². The number of nitrogens with zero attached hydrogens (tertiary/aromatic N) is 3. The minimum atomic E-state index is -0.157. The van der Waals surface area contributed by atoms with E-state index in [4.69, 9.17) is 5.26 Å². The van der Waals surface area contributed by atoms with Crippen LogP contribution in [0.3, 0.4) is 0 Å². The maximum Gasteiger partial charge on any atom is 0.255 e. The third-order valence-corrected chi connectivity index (χ3v) is 6.44. The highest BCUT2D eigenvalue weighted by atomic mass is 16.2. The summed E-state index contributed by atoms with van der Waals surface area (Å²) in [4.78, 5) is 33.6. The second kappa shape index (κ2) is 10.3. The van der Waals surface area contributed by atoms with Gasteiger partial charge in [0.05, 0.1) is 16.8 Å². The number of rotatable bonds is 7. The Labute approximate surface area is 193 Å². The highest BCUT2D eigenvalue weighted by Crippen LogP contribution is 2.29. The topological polar surface area (TPSA) is 132 Å². The lowest BCUT2D eigenvalue weighted by atomic mass is 9.85. The molecule has 0 unspecified atom stereocenters. The summed E-state index contributed by atoms with van der Waals surface area (Å²) in [6, 6.07) is 7.68. The molecule has 4 rings (SSSR count). The zero-order chi connectivity index (χ0) is 23.2. The van der Waals surface area contributed by atoms with Crippen molar-refractivity contribution in [2.75, 3.05) is 17.7 Å². The number of pyridine rings is 2. The number of amides is 2. The van der Waals surface area contributed by atoms with E-state index in [0.29, 0.717) is 28.8 Å². The molecule has 2 fully saturated rings. The molecule has 33 heavy (non-hydrogen) atoms. The van der Waals surface area contributed by atoms with Gasteiger partial charge in [-0.05, 0) is 57.1 Å². The van der Waals surface area contributed by atoms with Gasteiger partial charge in [0.1, 0.15) is 17.7 Å². The van der Waals surface area contributed by atoms with Crippen molar-refractivity contribution in [2.45, 2.75) is 57.0 Å². The summed E-state index contributed by atoms with van der Waals surface area (Å²) in [5.74, 6) is 1.09. The van der Waals surface area contributed by atoms with E-state index in [2.05, 4.69) is 31.2 Å². The number of hydrogen-bond acceptors (Lipinski definition) is 7. The van der Waals surface area contributed by atoms with Crippen LogP contribution in [0, 0.1) is 17.2 Å². The Morgan fingerprint density at radius 1 is 1.00 bits per heavy atom. The van der Waals surface area contributed by atoms with Gasteiger partial charge in [-0.2, -0.15) is 5.26 Å². The van der Waals surface area contributed by atoms with Crippen LogP contribution in [0.25, 0.3) is 0 Å². The first-order valence-corrected chi connectivity index (χ1v) is 11.5. The smallest absolute Gasteiger partial charge is 0.255 e. The summed E-state index contributed by atoms with van der Waals surface area (Å²) in [6.07, 6.45) is 9.53. The average molecular weight is 448 g/mol. The molecule has 2 aromatic rings. The summed E-state index contributed by atoms with van der Waals surface area (Å²) in [6.45, 7) is 0. The van der Waals surface area contributed by atoms with E-state index in [9.17, 15) is 9.59 Å².